The molecule has 0 heterocycles. The Morgan fingerprint density at radius 3 is 0.650 bits per heavy atom. The van der Waals surface area contributed by atoms with Crippen LogP contribution in [-0.2, 0) is 31.5 Å². The average molecular weight is 641 g/mol. The molecule has 239 valence electrons. The van der Waals surface area contributed by atoms with Crippen LogP contribution in [0.15, 0.2) is 0 Å². The number of aliphatic hydroxyl groups is 15. The van der Waals surface area contributed by atoms with Crippen LogP contribution in [0.2, 0.25) is 0 Å². The number of carbonyl (C=O) groups excluding carboxylic acids is 3. The molecule has 15 N–H and O–H groups in total. The van der Waals surface area contributed by atoms with E-state index in [0.717, 1.165) is 0 Å². The van der Waals surface area contributed by atoms with Gasteiger partial charge in [-0.25, -0.2) is 0 Å². The van der Waals surface area contributed by atoms with E-state index < -0.39 is 111 Å². The third-order valence-corrected chi connectivity index (χ3v) is 4.49. The zero-order chi connectivity index (χ0) is 31.8. The molecule has 12 atom stereocenters. The van der Waals surface area contributed by atoms with Crippen molar-refractivity contribution >= 4 is 17.9 Å². The van der Waals surface area contributed by atoms with Crippen LogP contribution in [-0.4, -0.2) is 188 Å². The van der Waals surface area contributed by atoms with Crippen molar-refractivity contribution in [3.63, 3.8) is 0 Å². The van der Waals surface area contributed by atoms with Crippen LogP contribution in [0.25, 0.3) is 0 Å². The molecule has 0 bridgehead atoms. The fourth-order valence-corrected chi connectivity index (χ4v) is 1.99. The van der Waals surface area contributed by atoms with Crippen LogP contribution in [0, 0.1) is 0 Å². The van der Waals surface area contributed by atoms with Gasteiger partial charge in [-0.1, -0.05) is 0 Å². The molecule has 21 nitrogen and oxygen atoms in total. The molecular weight excluding hydrogens is 608 g/mol. The summed E-state index contributed by atoms with van der Waals surface area (Å²) < 4.78 is 0. The normalized spacial score (nSPS) is 19.9. The molecule has 0 unspecified atom stereocenters. The Hall–Kier alpha value is -1.67. The standard InChI is InChI=1S/3C6H12O7.Fe/c3*7-1-2(8)3(9)4(10)5(11)6(12)13;/h3*2-5,7-11H,1H2,(H,12,13);/q;;;+3/p-3/t3*2-,3-,4+,5-;/m000./s1. The van der Waals surface area contributed by atoms with Gasteiger partial charge in [0, 0.05) is 0 Å². The number of hydrogen-bond acceptors (Lipinski definition) is 21. The summed E-state index contributed by atoms with van der Waals surface area (Å²) in [5, 5.41) is 160. The molecule has 0 saturated carbocycles. The fraction of sp³-hybridized carbons (Fsp3) is 0.833. The summed E-state index contributed by atoms with van der Waals surface area (Å²) in [6.45, 7) is -2.59. The van der Waals surface area contributed by atoms with E-state index in [1.165, 1.54) is 0 Å². The molecule has 0 aliphatic heterocycles. The smallest absolute Gasteiger partial charge is 0.547 e. The number of rotatable bonds is 15. The Labute approximate surface area is 234 Å². The van der Waals surface area contributed by atoms with Crippen molar-refractivity contribution in [1.82, 2.24) is 0 Å². The fourth-order valence-electron chi connectivity index (χ4n) is 1.99. The minimum atomic E-state index is -2.31. The molecule has 0 aromatic carbocycles. The van der Waals surface area contributed by atoms with Crippen molar-refractivity contribution < 1.29 is 123 Å². The molecular formula is C18H33FeO21. The van der Waals surface area contributed by atoms with Gasteiger partial charge >= 0.3 is 17.1 Å². The molecule has 0 saturated heterocycles. The number of carboxylic acid groups (broad SMARTS) is 3. The van der Waals surface area contributed by atoms with Crippen molar-refractivity contribution in [1.29, 1.82) is 0 Å². The SMILES string of the molecule is O=C([O-])[C@@H](O)[C@H](O)[C@@H](O)[C@@H](O)CO.O=C([O-])[C@@H](O)[C@H](O)[C@@H](O)[C@@H](O)CO.O=C([O-])[C@@H](O)[C@H](O)[C@@H](O)[C@@H](O)CO.[Fe+3]. The van der Waals surface area contributed by atoms with E-state index >= 15 is 0 Å². The molecule has 0 fully saturated rings. The summed E-state index contributed by atoms with van der Waals surface area (Å²) in [6, 6.07) is 0. The zero-order valence-electron chi connectivity index (χ0n) is 20.1. The van der Waals surface area contributed by atoms with Crippen molar-refractivity contribution in [2.24, 2.45) is 0 Å². The van der Waals surface area contributed by atoms with E-state index in [1.807, 2.05) is 0 Å². The van der Waals surface area contributed by atoms with Gasteiger partial charge in [0.25, 0.3) is 0 Å². The van der Waals surface area contributed by atoms with Gasteiger partial charge in [-0.15, -0.1) is 0 Å². The third-order valence-electron chi connectivity index (χ3n) is 4.49. The molecule has 1 radical (unpaired) electrons. The molecule has 40 heavy (non-hydrogen) atoms. The Morgan fingerprint density at radius 2 is 0.550 bits per heavy atom. The van der Waals surface area contributed by atoms with Crippen molar-refractivity contribution in [3.8, 4) is 0 Å². The molecule has 0 rings (SSSR count). The van der Waals surface area contributed by atoms with Gasteiger partial charge in [0.15, 0.2) is 0 Å². The first-order valence-electron chi connectivity index (χ1n) is 10.4. The van der Waals surface area contributed by atoms with Crippen LogP contribution >= 0.6 is 0 Å². The molecule has 0 aromatic heterocycles. The van der Waals surface area contributed by atoms with Crippen LogP contribution in [0.1, 0.15) is 0 Å². The van der Waals surface area contributed by atoms with Gasteiger partial charge < -0.3 is 106 Å². The summed E-state index contributed by atoms with van der Waals surface area (Å²) in [7, 11) is 0. The predicted octanol–water partition coefficient (Wildman–Crippen LogP) is -14.5. The van der Waals surface area contributed by atoms with Gasteiger partial charge in [0.2, 0.25) is 0 Å². The minimum Gasteiger partial charge on any atom is -0.547 e. The molecule has 0 aliphatic rings. The van der Waals surface area contributed by atoms with E-state index in [2.05, 4.69) is 0 Å². The zero-order valence-corrected chi connectivity index (χ0v) is 21.2. The van der Waals surface area contributed by atoms with Gasteiger partial charge in [-0.2, -0.15) is 0 Å². The molecule has 0 spiro atoms. The van der Waals surface area contributed by atoms with Crippen LogP contribution < -0.4 is 15.3 Å². The minimum absolute atomic E-state index is 0. The number of aliphatic hydroxyl groups excluding tert-OH is 15. The number of carboxylic acids is 3. The molecule has 0 amide bonds. The van der Waals surface area contributed by atoms with Crippen LogP contribution in [0.5, 0.6) is 0 Å². The van der Waals surface area contributed by atoms with Crippen LogP contribution in [0.4, 0.5) is 0 Å². The Balaban J connectivity index is -0.000000240. The van der Waals surface area contributed by atoms with E-state index in [-0.39, 0.29) is 17.1 Å². The summed E-state index contributed by atoms with van der Waals surface area (Å²) in [5.74, 6) is -5.93. The number of hydrogen-bond donors (Lipinski definition) is 15. The predicted molar refractivity (Wildman–Crippen MR) is 108 cm³/mol. The number of aliphatic carboxylic acids is 3. The largest absolute Gasteiger partial charge is 3.00 e. The summed E-state index contributed by atoms with van der Waals surface area (Å²) in [5.41, 5.74) is 0. The molecule has 0 aromatic rings. The second-order valence-corrected chi connectivity index (χ2v) is 7.48. The Kier molecular flexibility index (Phi) is 26.0. The summed E-state index contributed by atoms with van der Waals surface area (Å²) in [6.07, 6.45) is -24.2. The van der Waals surface area contributed by atoms with E-state index in [0.29, 0.717) is 0 Å². The first kappa shape index (κ1) is 45.3. The topological polar surface area (TPSA) is 424 Å². The van der Waals surface area contributed by atoms with Crippen molar-refractivity contribution in [2.75, 3.05) is 19.8 Å². The van der Waals surface area contributed by atoms with Gasteiger partial charge in [0.05, 0.1) is 37.7 Å². The van der Waals surface area contributed by atoms with Crippen molar-refractivity contribution in [2.45, 2.75) is 73.2 Å². The van der Waals surface area contributed by atoms with Gasteiger partial charge in [-0.05, 0) is 0 Å². The molecule has 0 aliphatic carbocycles. The second kappa shape index (κ2) is 23.0. The maximum absolute atomic E-state index is 9.98. The van der Waals surface area contributed by atoms with E-state index in [4.69, 9.17) is 76.6 Å². The van der Waals surface area contributed by atoms with Crippen molar-refractivity contribution in [3.05, 3.63) is 0 Å². The monoisotopic (exact) mass is 641 g/mol. The maximum Gasteiger partial charge on any atom is 3.00 e. The molecule has 22 heteroatoms. The third kappa shape index (κ3) is 16.6. The quantitative estimate of drug-likeness (QED) is 0.0738. The van der Waals surface area contributed by atoms with Gasteiger partial charge in [0.1, 0.15) is 73.2 Å². The average Bonchev–Trinajstić information content (AvgIpc) is 2.92. The first-order chi connectivity index (χ1) is 17.7. The number of carbonyl (C=O) groups is 3. The van der Waals surface area contributed by atoms with E-state index in [1.54, 1.807) is 0 Å². The first-order valence-corrected chi connectivity index (χ1v) is 10.4. The summed E-state index contributed by atoms with van der Waals surface area (Å²) >= 11 is 0. The van der Waals surface area contributed by atoms with Gasteiger partial charge in [-0.3, -0.25) is 0 Å². The van der Waals surface area contributed by atoms with E-state index in [9.17, 15) is 29.7 Å². The Morgan fingerprint density at radius 1 is 0.400 bits per heavy atom. The Bertz CT molecular complexity index is 608. The maximum atomic E-state index is 9.98. The van der Waals surface area contributed by atoms with Crippen LogP contribution in [0.3, 0.4) is 0 Å². The summed E-state index contributed by atoms with van der Waals surface area (Å²) in [4.78, 5) is 29.9. The second-order valence-electron chi connectivity index (χ2n) is 7.48.